The first kappa shape index (κ1) is 16.3. The fraction of sp³-hybridized carbons (Fsp3) is 0.111. The van der Waals surface area contributed by atoms with E-state index in [1.807, 2.05) is 6.07 Å². The molecule has 5 aromatic rings. The molecule has 0 saturated carbocycles. The summed E-state index contributed by atoms with van der Waals surface area (Å²) in [5.74, 6) is 0.133. The normalized spacial score (nSPS) is 14.1. The molecule has 1 atom stereocenters. The molecule has 0 amide bonds. The van der Waals surface area contributed by atoms with Crippen molar-refractivity contribution in [2.24, 2.45) is 0 Å². The Morgan fingerprint density at radius 1 is 0.862 bits per heavy atom. The van der Waals surface area contributed by atoms with Crippen molar-refractivity contribution in [3.05, 3.63) is 113 Å². The monoisotopic (exact) mass is 372 g/mol. The standard InChI is InChI=1S/C27H20N2/c1-2-10-19-18(8-1)9-7-13-22(19)27(23-16-28-25-14-5-3-11-20(23)25)24-17-29-26-15-6-4-12-21(24)26/h1,3,5-9,11,13-17,27-29H,4,12H2. The average molecular weight is 372 g/mol. The van der Waals surface area contributed by atoms with Gasteiger partial charge in [-0.2, -0.15) is 0 Å². The summed E-state index contributed by atoms with van der Waals surface area (Å²) in [5.41, 5.74) is 7.79. The van der Waals surface area contributed by atoms with E-state index in [1.165, 1.54) is 44.2 Å². The Balaban J connectivity index is 1.67. The van der Waals surface area contributed by atoms with Gasteiger partial charge in [0.15, 0.2) is 0 Å². The molecule has 138 valence electrons. The lowest BCUT2D eigenvalue weighted by Crippen LogP contribution is -2.06. The lowest BCUT2D eigenvalue weighted by atomic mass is 9.81. The van der Waals surface area contributed by atoms with Gasteiger partial charge >= 0.3 is 0 Å². The highest BCUT2D eigenvalue weighted by atomic mass is 14.7. The molecule has 29 heavy (non-hydrogen) atoms. The molecule has 1 unspecified atom stereocenters. The highest BCUT2D eigenvalue weighted by Gasteiger charge is 2.26. The van der Waals surface area contributed by atoms with Crippen molar-refractivity contribution in [3.8, 4) is 0 Å². The Morgan fingerprint density at radius 3 is 2.79 bits per heavy atom. The number of nitrogens with one attached hydrogen (secondary N) is 2. The molecule has 2 heteroatoms. The molecule has 0 fully saturated rings. The van der Waals surface area contributed by atoms with Gasteiger partial charge < -0.3 is 9.97 Å². The Kier molecular flexibility index (Phi) is 3.61. The van der Waals surface area contributed by atoms with Gasteiger partial charge in [0.2, 0.25) is 0 Å². The fourth-order valence-electron chi connectivity index (χ4n) is 4.79. The molecule has 2 N–H and O–H groups in total. The van der Waals surface area contributed by atoms with E-state index in [2.05, 4.69) is 95.2 Å². The highest BCUT2D eigenvalue weighted by Crippen LogP contribution is 2.41. The minimum Gasteiger partial charge on any atom is -0.361 e. The van der Waals surface area contributed by atoms with Crippen LogP contribution in [0.4, 0.5) is 0 Å². The van der Waals surface area contributed by atoms with E-state index in [0.717, 1.165) is 18.2 Å². The quantitative estimate of drug-likeness (QED) is 0.368. The van der Waals surface area contributed by atoms with Gasteiger partial charge in [-0.1, -0.05) is 54.6 Å². The predicted octanol–water partition coefficient (Wildman–Crippen LogP) is 6.39. The van der Waals surface area contributed by atoms with Crippen LogP contribution in [0.5, 0.6) is 0 Å². The third kappa shape index (κ3) is 2.52. The molecule has 2 aromatic heterocycles. The molecule has 3 aromatic carbocycles. The molecule has 0 aliphatic heterocycles. The molecule has 0 bridgehead atoms. The summed E-state index contributed by atoms with van der Waals surface area (Å²) in [6, 6.07) is 25.8. The van der Waals surface area contributed by atoms with Crippen LogP contribution in [0.2, 0.25) is 0 Å². The van der Waals surface area contributed by atoms with Crippen LogP contribution >= 0.6 is 0 Å². The fourth-order valence-corrected chi connectivity index (χ4v) is 4.79. The number of aromatic amines is 2. The number of fused-ring (bicyclic) bond motifs is 3. The number of H-pyrrole nitrogens is 2. The number of hydrogen-bond acceptors (Lipinski definition) is 0. The molecular weight excluding hydrogens is 352 g/mol. The zero-order chi connectivity index (χ0) is 19.2. The van der Waals surface area contributed by atoms with Crippen LogP contribution in [0, 0.1) is 12.1 Å². The number of aromatic nitrogens is 2. The van der Waals surface area contributed by atoms with Crippen molar-refractivity contribution < 1.29 is 0 Å². The molecular formula is C27H20N2. The molecule has 0 radical (unpaired) electrons. The minimum absolute atomic E-state index is 0.133. The van der Waals surface area contributed by atoms with E-state index < -0.39 is 0 Å². The molecule has 0 saturated heterocycles. The second-order valence-electron chi connectivity index (χ2n) is 7.71. The SMILES string of the molecule is c1ccc2cccc(C(c3c[nH]c4c3CCC=C4)c3c[nH]c4ccccc34)c2c#1. The lowest BCUT2D eigenvalue weighted by molar-refractivity contribution is 0.923. The van der Waals surface area contributed by atoms with Crippen molar-refractivity contribution in [1.29, 1.82) is 0 Å². The van der Waals surface area contributed by atoms with Gasteiger partial charge in [-0.05, 0) is 64.8 Å². The van der Waals surface area contributed by atoms with E-state index in [1.54, 1.807) is 0 Å². The zero-order valence-corrected chi connectivity index (χ0v) is 16.0. The molecule has 6 rings (SSSR count). The maximum Gasteiger partial charge on any atom is 0.0457 e. The smallest absolute Gasteiger partial charge is 0.0457 e. The van der Waals surface area contributed by atoms with Gasteiger partial charge in [0.05, 0.1) is 0 Å². The van der Waals surface area contributed by atoms with Gasteiger partial charge in [0, 0.05) is 40.3 Å². The maximum absolute atomic E-state index is 3.52. The van der Waals surface area contributed by atoms with Crippen molar-refractivity contribution in [3.63, 3.8) is 0 Å². The second-order valence-corrected chi connectivity index (χ2v) is 7.71. The average Bonchev–Trinajstić information content (AvgIpc) is 3.40. The van der Waals surface area contributed by atoms with E-state index in [4.69, 9.17) is 0 Å². The number of allylic oxidation sites excluding steroid dienone is 1. The topological polar surface area (TPSA) is 31.6 Å². The van der Waals surface area contributed by atoms with Crippen LogP contribution < -0.4 is 0 Å². The summed E-state index contributed by atoms with van der Waals surface area (Å²) < 4.78 is 0. The Morgan fingerprint density at radius 2 is 1.79 bits per heavy atom. The number of rotatable bonds is 3. The number of hydrogen-bond donors (Lipinski definition) is 2. The first-order valence-electron chi connectivity index (χ1n) is 10.1. The highest BCUT2D eigenvalue weighted by molar-refractivity contribution is 5.89. The largest absolute Gasteiger partial charge is 0.361 e. The number of para-hydroxylation sites is 1. The van der Waals surface area contributed by atoms with Gasteiger partial charge in [-0.15, -0.1) is 0 Å². The third-order valence-electron chi connectivity index (χ3n) is 6.13. The van der Waals surface area contributed by atoms with E-state index in [9.17, 15) is 0 Å². The van der Waals surface area contributed by atoms with Crippen molar-refractivity contribution in [1.82, 2.24) is 9.97 Å². The van der Waals surface area contributed by atoms with Crippen LogP contribution in [0.1, 0.15) is 40.3 Å². The van der Waals surface area contributed by atoms with Gasteiger partial charge in [-0.3, -0.25) is 0 Å². The van der Waals surface area contributed by atoms with Crippen LogP contribution in [-0.2, 0) is 6.42 Å². The minimum atomic E-state index is 0.133. The van der Waals surface area contributed by atoms with Gasteiger partial charge in [0.25, 0.3) is 0 Å². The molecule has 0 spiro atoms. The van der Waals surface area contributed by atoms with Gasteiger partial charge in [0.1, 0.15) is 0 Å². The second kappa shape index (κ2) is 6.43. The Bertz CT molecular complexity index is 1360. The molecule has 2 nitrogen and oxygen atoms in total. The molecule has 1 aliphatic carbocycles. The predicted molar refractivity (Wildman–Crippen MR) is 119 cm³/mol. The zero-order valence-electron chi connectivity index (χ0n) is 16.0. The van der Waals surface area contributed by atoms with Gasteiger partial charge in [-0.25, -0.2) is 0 Å². The first-order chi connectivity index (χ1) is 14.4. The number of benzene rings is 2. The van der Waals surface area contributed by atoms with E-state index in [0.29, 0.717) is 0 Å². The van der Waals surface area contributed by atoms with Crippen molar-refractivity contribution >= 4 is 27.8 Å². The van der Waals surface area contributed by atoms with Crippen LogP contribution in [-0.4, -0.2) is 9.97 Å². The summed E-state index contributed by atoms with van der Waals surface area (Å²) in [6.45, 7) is 0. The third-order valence-corrected chi connectivity index (χ3v) is 6.13. The summed E-state index contributed by atoms with van der Waals surface area (Å²) in [7, 11) is 0. The van der Waals surface area contributed by atoms with Crippen molar-refractivity contribution in [2.45, 2.75) is 18.8 Å². The Labute approximate surface area is 169 Å². The van der Waals surface area contributed by atoms with Crippen LogP contribution in [0.3, 0.4) is 0 Å². The van der Waals surface area contributed by atoms with Crippen molar-refractivity contribution in [2.75, 3.05) is 0 Å². The van der Waals surface area contributed by atoms with Crippen LogP contribution in [0.15, 0.2) is 73.1 Å². The first-order valence-corrected chi connectivity index (χ1v) is 10.1. The summed E-state index contributed by atoms with van der Waals surface area (Å²) in [4.78, 5) is 7.01. The summed E-state index contributed by atoms with van der Waals surface area (Å²) >= 11 is 0. The van der Waals surface area contributed by atoms with E-state index in [-0.39, 0.29) is 5.92 Å². The van der Waals surface area contributed by atoms with E-state index >= 15 is 0 Å². The molecule has 1 aliphatic rings. The lowest BCUT2D eigenvalue weighted by Gasteiger charge is -2.21. The summed E-state index contributed by atoms with van der Waals surface area (Å²) in [5, 5.41) is 3.62. The maximum atomic E-state index is 3.52. The van der Waals surface area contributed by atoms with Crippen LogP contribution in [0.25, 0.3) is 27.8 Å². The summed E-state index contributed by atoms with van der Waals surface area (Å²) in [6.07, 6.45) is 11.0. The molecule has 2 heterocycles. The Hall–Kier alpha value is -3.70.